The number of hydrogen-bond acceptors (Lipinski definition) is 3. The lowest BCUT2D eigenvalue weighted by atomic mass is 9.93. The lowest BCUT2D eigenvalue weighted by Crippen LogP contribution is -2.34. The molecule has 0 aromatic heterocycles. The van der Waals surface area contributed by atoms with Crippen molar-refractivity contribution in [1.29, 1.82) is 0 Å². The van der Waals surface area contributed by atoms with E-state index in [0.717, 1.165) is 5.75 Å². The quantitative estimate of drug-likeness (QED) is 0.825. The summed E-state index contributed by atoms with van der Waals surface area (Å²) in [6.07, 6.45) is 0.145. The second-order valence-corrected chi connectivity index (χ2v) is 4.49. The van der Waals surface area contributed by atoms with Crippen molar-refractivity contribution in [2.24, 2.45) is 5.92 Å². The standard InChI is InChI=1S/C14H23NO2/c1-10(2)14(17-5)13(15-3)11-7-6-8-12(9-11)16-4/h6-10,13-15H,1-5H3. The molecule has 2 unspecified atom stereocenters. The smallest absolute Gasteiger partial charge is 0.119 e. The molecule has 0 aliphatic carbocycles. The molecule has 0 saturated carbocycles. The van der Waals surface area contributed by atoms with Crippen molar-refractivity contribution in [3.05, 3.63) is 29.8 Å². The molecule has 3 nitrogen and oxygen atoms in total. The highest BCUT2D eigenvalue weighted by Gasteiger charge is 2.24. The van der Waals surface area contributed by atoms with Gasteiger partial charge in [-0.2, -0.15) is 0 Å². The molecule has 1 aromatic rings. The highest BCUT2D eigenvalue weighted by molar-refractivity contribution is 5.31. The number of rotatable bonds is 6. The lowest BCUT2D eigenvalue weighted by molar-refractivity contribution is 0.0348. The summed E-state index contributed by atoms with van der Waals surface area (Å²) >= 11 is 0. The molecule has 0 amide bonds. The van der Waals surface area contributed by atoms with E-state index in [1.165, 1.54) is 5.56 Å². The van der Waals surface area contributed by atoms with Gasteiger partial charge in [-0.1, -0.05) is 26.0 Å². The van der Waals surface area contributed by atoms with Gasteiger partial charge in [0.05, 0.1) is 19.3 Å². The molecule has 0 heterocycles. The molecule has 3 heteroatoms. The van der Waals surface area contributed by atoms with Crippen molar-refractivity contribution >= 4 is 0 Å². The molecule has 2 atom stereocenters. The molecule has 1 N–H and O–H groups in total. The van der Waals surface area contributed by atoms with Crippen molar-refractivity contribution in [1.82, 2.24) is 5.32 Å². The van der Waals surface area contributed by atoms with Crippen molar-refractivity contribution in [3.63, 3.8) is 0 Å². The van der Waals surface area contributed by atoms with E-state index in [1.54, 1.807) is 14.2 Å². The summed E-state index contributed by atoms with van der Waals surface area (Å²) in [7, 11) is 5.40. The van der Waals surface area contributed by atoms with Gasteiger partial charge in [-0.3, -0.25) is 0 Å². The number of likely N-dealkylation sites (N-methyl/N-ethyl adjacent to an activating group) is 1. The SMILES string of the molecule is CNC(c1cccc(OC)c1)C(OC)C(C)C. The van der Waals surface area contributed by atoms with Crippen molar-refractivity contribution in [2.75, 3.05) is 21.3 Å². The first-order valence-corrected chi connectivity index (χ1v) is 5.98. The Bertz CT molecular complexity index is 339. The summed E-state index contributed by atoms with van der Waals surface area (Å²) in [5.41, 5.74) is 1.19. The molecule has 0 aliphatic rings. The van der Waals surface area contributed by atoms with Crippen LogP contribution in [0.3, 0.4) is 0 Å². The second-order valence-electron chi connectivity index (χ2n) is 4.49. The fourth-order valence-electron chi connectivity index (χ4n) is 2.15. The van der Waals surface area contributed by atoms with Crippen LogP contribution in [0.4, 0.5) is 0 Å². The van der Waals surface area contributed by atoms with Crippen LogP contribution in [0, 0.1) is 5.92 Å². The summed E-state index contributed by atoms with van der Waals surface area (Å²) in [6.45, 7) is 4.33. The summed E-state index contributed by atoms with van der Waals surface area (Å²) in [4.78, 5) is 0. The van der Waals surface area contributed by atoms with Gasteiger partial charge in [0.2, 0.25) is 0 Å². The average molecular weight is 237 g/mol. The van der Waals surface area contributed by atoms with Gasteiger partial charge in [-0.05, 0) is 30.7 Å². The molecule has 96 valence electrons. The zero-order chi connectivity index (χ0) is 12.8. The van der Waals surface area contributed by atoms with E-state index in [-0.39, 0.29) is 12.1 Å². The molecule has 1 aromatic carbocycles. The fraction of sp³-hybridized carbons (Fsp3) is 0.571. The number of ether oxygens (including phenoxy) is 2. The van der Waals surface area contributed by atoms with E-state index >= 15 is 0 Å². The predicted octanol–water partition coefficient (Wildman–Crippen LogP) is 2.63. The van der Waals surface area contributed by atoms with E-state index < -0.39 is 0 Å². The number of benzene rings is 1. The Kier molecular flexibility index (Phi) is 5.45. The molecular formula is C14H23NO2. The van der Waals surface area contributed by atoms with Crippen LogP contribution < -0.4 is 10.1 Å². The first-order chi connectivity index (χ1) is 8.13. The molecule has 0 aliphatic heterocycles. The molecule has 0 bridgehead atoms. The molecule has 0 fully saturated rings. The van der Waals surface area contributed by atoms with E-state index in [0.29, 0.717) is 5.92 Å². The second kappa shape index (κ2) is 6.62. The molecular weight excluding hydrogens is 214 g/mol. The zero-order valence-electron chi connectivity index (χ0n) is 11.4. The minimum atomic E-state index is 0.145. The first-order valence-electron chi connectivity index (χ1n) is 5.98. The Balaban J connectivity index is 2.99. The lowest BCUT2D eigenvalue weighted by Gasteiger charge is -2.29. The first kappa shape index (κ1) is 14.0. The Morgan fingerprint density at radius 1 is 1.18 bits per heavy atom. The third kappa shape index (κ3) is 3.45. The van der Waals surface area contributed by atoms with Crippen LogP contribution in [0.1, 0.15) is 25.5 Å². The fourth-order valence-corrected chi connectivity index (χ4v) is 2.15. The minimum absolute atomic E-state index is 0.145. The summed E-state index contributed by atoms with van der Waals surface area (Å²) < 4.78 is 10.8. The van der Waals surface area contributed by atoms with Crippen LogP contribution >= 0.6 is 0 Å². The maximum Gasteiger partial charge on any atom is 0.119 e. The minimum Gasteiger partial charge on any atom is -0.497 e. The van der Waals surface area contributed by atoms with Crippen LogP contribution in [0.25, 0.3) is 0 Å². The van der Waals surface area contributed by atoms with Crippen LogP contribution in [0.15, 0.2) is 24.3 Å². The van der Waals surface area contributed by atoms with Gasteiger partial charge < -0.3 is 14.8 Å². The Morgan fingerprint density at radius 2 is 1.88 bits per heavy atom. The monoisotopic (exact) mass is 237 g/mol. The number of hydrogen-bond donors (Lipinski definition) is 1. The van der Waals surface area contributed by atoms with Gasteiger partial charge in [-0.15, -0.1) is 0 Å². The number of nitrogens with one attached hydrogen (secondary N) is 1. The van der Waals surface area contributed by atoms with Crippen LogP contribution in [0.2, 0.25) is 0 Å². The molecule has 0 saturated heterocycles. The van der Waals surface area contributed by atoms with Crippen molar-refractivity contribution in [3.8, 4) is 5.75 Å². The van der Waals surface area contributed by atoms with Crippen LogP contribution in [-0.4, -0.2) is 27.4 Å². The molecule has 1 rings (SSSR count). The largest absolute Gasteiger partial charge is 0.497 e. The maximum atomic E-state index is 5.59. The normalized spacial score (nSPS) is 14.7. The van der Waals surface area contributed by atoms with Gasteiger partial charge in [0.25, 0.3) is 0 Å². The molecule has 17 heavy (non-hydrogen) atoms. The van der Waals surface area contributed by atoms with Gasteiger partial charge >= 0.3 is 0 Å². The Morgan fingerprint density at radius 3 is 2.35 bits per heavy atom. The predicted molar refractivity (Wildman–Crippen MR) is 70.4 cm³/mol. The average Bonchev–Trinajstić information content (AvgIpc) is 2.35. The van der Waals surface area contributed by atoms with Gasteiger partial charge in [0, 0.05) is 7.11 Å². The zero-order valence-corrected chi connectivity index (χ0v) is 11.4. The van der Waals surface area contributed by atoms with Crippen LogP contribution in [-0.2, 0) is 4.74 Å². The Hall–Kier alpha value is -1.06. The van der Waals surface area contributed by atoms with E-state index in [4.69, 9.17) is 9.47 Å². The Labute approximate surface area is 104 Å². The highest BCUT2D eigenvalue weighted by Crippen LogP contribution is 2.26. The van der Waals surface area contributed by atoms with Gasteiger partial charge in [0.15, 0.2) is 0 Å². The van der Waals surface area contributed by atoms with E-state index in [9.17, 15) is 0 Å². The highest BCUT2D eigenvalue weighted by atomic mass is 16.5. The van der Waals surface area contributed by atoms with Gasteiger partial charge in [0.1, 0.15) is 5.75 Å². The third-order valence-electron chi connectivity index (χ3n) is 3.02. The summed E-state index contributed by atoms with van der Waals surface area (Å²) in [5, 5.41) is 3.32. The van der Waals surface area contributed by atoms with Crippen LogP contribution in [0.5, 0.6) is 5.75 Å². The molecule has 0 spiro atoms. The van der Waals surface area contributed by atoms with Crippen molar-refractivity contribution < 1.29 is 9.47 Å². The number of methoxy groups -OCH3 is 2. The van der Waals surface area contributed by atoms with Gasteiger partial charge in [-0.25, -0.2) is 0 Å². The third-order valence-corrected chi connectivity index (χ3v) is 3.02. The van der Waals surface area contributed by atoms with E-state index in [2.05, 4.69) is 31.3 Å². The molecule has 0 radical (unpaired) electrons. The maximum absolute atomic E-state index is 5.59. The summed E-state index contributed by atoms with van der Waals surface area (Å²) in [6, 6.07) is 8.28. The van der Waals surface area contributed by atoms with Crippen molar-refractivity contribution in [2.45, 2.75) is 26.0 Å². The van der Waals surface area contributed by atoms with E-state index in [1.807, 2.05) is 19.2 Å². The summed E-state index contributed by atoms with van der Waals surface area (Å²) in [5.74, 6) is 1.32. The topological polar surface area (TPSA) is 30.5 Å².